The van der Waals surface area contributed by atoms with E-state index in [4.69, 9.17) is 15.6 Å². The van der Waals surface area contributed by atoms with Gasteiger partial charge < -0.3 is 20.7 Å². The van der Waals surface area contributed by atoms with Gasteiger partial charge in [-0.05, 0) is 0 Å². The van der Waals surface area contributed by atoms with Crippen LogP contribution in [-0.4, -0.2) is 38.6 Å². The van der Waals surface area contributed by atoms with E-state index in [-0.39, 0.29) is 6.42 Å². The lowest BCUT2D eigenvalue weighted by molar-refractivity contribution is -0.138. The van der Waals surface area contributed by atoms with Crippen molar-refractivity contribution in [3.8, 4) is 0 Å². The van der Waals surface area contributed by atoms with E-state index >= 15 is 0 Å². The van der Waals surface area contributed by atoms with Crippen molar-refractivity contribution >= 4 is 5.82 Å². The van der Waals surface area contributed by atoms with Crippen molar-refractivity contribution in [3.05, 3.63) is 22.2 Å². The average Bonchev–Trinajstić information content (AvgIpc) is 2.68. The monoisotopic (exact) mass is 295 g/mol. The summed E-state index contributed by atoms with van der Waals surface area (Å²) in [6, 6.07) is 0. The fourth-order valence-electron chi connectivity index (χ4n) is 1.96. The molecule has 1 unspecified atom stereocenters. The van der Waals surface area contributed by atoms with Crippen LogP contribution >= 0.6 is 0 Å². The van der Waals surface area contributed by atoms with Crippen molar-refractivity contribution in [2.24, 2.45) is 0 Å². The number of alkyl halides is 3. The number of nitrogens with two attached hydrogens (primary N) is 1. The standard InChI is InChI=1S/C10H12F3N3O4/c11-10(12,13)4-2-16(9(19)15-8(4)14)7-1-5(18)6(3-17)20-7/h2,5-7,17-18H,1,3H2,(H2,14,15,19)/t5?,6-,7-/m1/s1. The fourth-order valence-corrected chi connectivity index (χ4v) is 1.96. The number of nitrogen functional groups attached to an aromatic ring is 1. The molecule has 1 aromatic rings. The van der Waals surface area contributed by atoms with E-state index in [0.717, 1.165) is 0 Å². The molecule has 4 N–H and O–H groups in total. The molecule has 0 aromatic carbocycles. The summed E-state index contributed by atoms with van der Waals surface area (Å²) in [7, 11) is 0. The Morgan fingerprint density at radius 1 is 1.55 bits per heavy atom. The quantitative estimate of drug-likeness (QED) is 0.677. The van der Waals surface area contributed by atoms with Gasteiger partial charge in [0.15, 0.2) is 0 Å². The van der Waals surface area contributed by atoms with Crippen molar-refractivity contribution in [1.82, 2.24) is 9.55 Å². The highest BCUT2D eigenvalue weighted by Gasteiger charge is 2.38. The Bertz CT molecular complexity index is 560. The van der Waals surface area contributed by atoms with Crippen LogP contribution in [0.1, 0.15) is 18.2 Å². The zero-order valence-electron chi connectivity index (χ0n) is 10.0. The van der Waals surface area contributed by atoms with Gasteiger partial charge >= 0.3 is 11.9 Å². The van der Waals surface area contributed by atoms with Crippen LogP contribution in [0.3, 0.4) is 0 Å². The van der Waals surface area contributed by atoms with E-state index in [9.17, 15) is 23.1 Å². The number of anilines is 1. The first kappa shape index (κ1) is 14.8. The molecule has 0 aliphatic carbocycles. The predicted molar refractivity (Wildman–Crippen MR) is 59.5 cm³/mol. The number of ether oxygens (including phenoxy) is 1. The number of aromatic nitrogens is 2. The molecule has 2 heterocycles. The van der Waals surface area contributed by atoms with Crippen molar-refractivity contribution in [2.75, 3.05) is 12.3 Å². The summed E-state index contributed by atoms with van der Waals surface area (Å²) in [6.07, 6.45) is -7.57. The second kappa shape index (κ2) is 5.04. The van der Waals surface area contributed by atoms with Crippen LogP contribution < -0.4 is 11.4 Å². The number of rotatable bonds is 2. The molecule has 20 heavy (non-hydrogen) atoms. The second-order valence-corrected chi connectivity index (χ2v) is 4.34. The molecule has 10 heteroatoms. The summed E-state index contributed by atoms with van der Waals surface area (Å²) in [5.74, 6) is -0.920. The predicted octanol–water partition coefficient (Wildman–Crippen LogP) is -0.515. The summed E-state index contributed by atoms with van der Waals surface area (Å²) in [6.45, 7) is -0.513. The van der Waals surface area contributed by atoms with Gasteiger partial charge in [0.25, 0.3) is 0 Å². The van der Waals surface area contributed by atoms with Crippen LogP contribution in [0, 0.1) is 0 Å². The molecule has 1 aliphatic rings. The van der Waals surface area contributed by atoms with Gasteiger partial charge in [-0.3, -0.25) is 4.57 Å². The van der Waals surface area contributed by atoms with Gasteiger partial charge in [0, 0.05) is 12.6 Å². The van der Waals surface area contributed by atoms with Gasteiger partial charge in [-0.1, -0.05) is 0 Å². The van der Waals surface area contributed by atoms with Crippen molar-refractivity contribution in [2.45, 2.75) is 31.0 Å². The Balaban J connectivity index is 2.41. The Kier molecular flexibility index (Phi) is 3.71. The number of aliphatic hydroxyl groups is 2. The van der Waals surface area contributed by atoms with Crippen molar-refractivity contribution < 1.29 is 28.1 Å². The highest BCUT2D eigenvalue weighted by atomic mass is 19.4. The molecule has 2 rings (SSSR count). The second-order valence-electron chi connectivity index (χ2n) is 4.34. The highest BCUT2D eigenvalue weighted by Crippen LogP contribution is 2.33. The van der Waals surface area contributed by atoms with E-state index < -0.39 is 48.3 Å². The van der Waals surface area contributed by atoms with E-state index in [1.807, 2.05) is 0 Å². The maximum Gasteiger partial charge on any atom is 0.421 e. The van der Waals surface area contributed by atoms with Gasteiger partial charge in [0.2, 0.25) is 0 Å². The maximum absolute atomic E-state index is 12.7. The summed E-state index contributed by atoms with van der Waals surface area (Å²) >= 11 is 0. The summed E-state index contributed by atoms with van der Waals surface area (Å²) in [4.78, 5) is 14.7. The van der Waals surface area contributed by atoms with Gasteiger partial charge in [-0.2, -0.15) is 18.2 Å². The highest BCUT2D eigenvalue weighted by molar-refractivity contribution is 5.39. The molecule has 3 atom stereocenters. The normalized spacial score (nSPS) is 26.9. The molecule has 0 saturated carbocycles. The van der Waals surface area contributed by atoms with E-state index in [0.29, 0.717) is 10.8 Å². The average molecular weight is 295 g/mol. The summed E-state index contributed by atoms with van der Waals surface area (Å²) in [5.41, 5.74) is 2.80. The van der Waals surface area contributed by atoms with Gasteiger partial charge in [-0.15, -0.1) is 0 Å². The van der Waals surface area contributed by atoms with Gasteiger partial charge in [0.05, 0.1) is 12.7 Å². The first-order valence-corrected chi connectivity index (χ1v) is 5.64. The Morgan fingerprint density at radius 3 is 2.70 bits per heavy atom. The van der Waals surface area contributed by atoms with Crippen molar-refractivity contribution in [1.29, 1.82) is 0 Å². The number of hydrogen-bond acceptors (Lipinski definition) is 6. The lowest BCUT2D eigenvalue weighted by Gasteiger charge is -2.17. The third kappa shape index (κ3) is 2.62. The third-order valence-electron chi connectivity index (χ3n) is 2.98. The number of aliphatic hydroxyl groups excluding tert-OH is 2. The summed E-state index contributed by atoms with van der Waals surface area (Å²) < 4.78 is 43.8. The van der Waals surface area contributed by atoms with Crippen LogP contribution in [0.15, 0.2) is 11.0 Å². The largest absolute Gasteiger partial charge is 0.421 e. The van der Waals surface area contributed by atoms with Crippen LogP contribution in [-0.2, 0) is 10.9 Å². The minimum absolute atomic E-state index is 0.131. The molecule has 0 bridgehead atoms. The number of hydrogen-bond donors (Lipinski definition) is 3. The van der Waals surface area contributed by atoms with E-state index in [1.165, 1.54) is 0 Å². The Hall–Kier alpha value is -1.65. The molecule has 112 valence electrons. The minimum Gasteiger partial charge on any atom is -0.394 e. The van der Waals surface area contributed by atoms with Gasteiger partial charge in [0.1, 0.15) is 23.7 Å². The minimum atomic E-state index is -4.76. The molecule has 1 aromatic heterocycles. The molecule has 7 nitrogen and oxygen atoms in total. The first-order chi connectivity index (χ1) is 9.24. The van der Waals surface area contributed by atoms with Gasteiger partial charge in [-0.25, -0.2) is 4.79 Å². The smallest absolute Gasteiger partial charge is 0.394 e. The van der Waals surface area contributed by atoms with E-state index in [2.05, 4.69) is 4.98 Å². The lowest BCUT2D eigenvalue weighted by Crippen LogP contribution is -2.30. The van der Waals surface area contributed by atoms with E-state index in [1.54, 1.807) is 0 Å². The maximum atomic E-state index is 12.7. The Morgan fingerprint density at radius 2 is 2.20 bits per heavy atom. The lowest BCUT2D eigenvalue weighted by atomic mass is 10.2. The molecular weight excluding hydrogens is 283 g/mol. The van der Waals surface area contributed by atoms with Crippen LogP contribution in [0.2, 0.25) is 0 Å². The van der Waals surface area contributed by atoms with Crippen LogP contribution in [0.4, 0.5) is 19.0 Å². The number of halogens is 3. The molecule has 1 fully saturated rings. The third-order valence-corrected chi connectivity index (χ3v) is 2.98. The van der Waals surface area contributed by atoms with Crippen molar-refractivity contribution in [3.63, 3.8) is 0 Å². The first-order valence-electron chi connectivity index (χ1n) is 5.64. The molecule has 1 saturated heterocycles. The number of nitrogens with zero attached hydrogens (tertiary/aromatic N) is 2. The molecule has 0 amide bonds. The fraction of sp³-hybridized carbons (Fsp3) is 0.600. The molecular formula is C10H12F3N3O4. The molecule has 0 spiro atoms. The SMILES string of the molecule is Nc1nc(=O)n([C@H]2CC(O)[C@@H](CO)O2)cc1C(F)(F)F. The zero-order valence-corrected chi connectivity index (χ0v) is 10.0. The zero-order chi connectivity index (χ0) is 15.1. The molecule has 0 radical (unpaired) electrons. The molecule has 1 aliphatic heterocycles. The topological polar surface area (TPSA) is 111 Å². The summed E-state index contributed by atoms with van der Waals surface area (Å²) in [5, 5.41) is 18.4. The van der Waals surface area contributed by atoms with Crippen LogP contribution in [0.25, 0.3) is 0 Å². The Labute approximate surface area is 110 Å². The van der Waals surface area contributed by atoms with Crippen LogP contribution in [0.5, 0.6) is 0 Å².